The largest absolute Gasteiger partial charge is 0.461 e. The molecule has 0 saturated heterocycles. The average molecular weight is 230 g/mol. The Balaban J connectivity index is 2.44. The van der Waals surface area contributed by atoms with Crippen LogP contribution in [0.25, 0.3) is 10.9 Å². The minimum absolute atomic E-state index is 0.257. The molecule has 2 aromatic rings. The Kier molecular flexibility index (Phi) is 3.32. The maximum absolute atomic E-state index is 11.5. The molecular formula is C13H14N2O2. The van der Waals surface area contributed by atoms with Gasteiger partial charge < -0.3 is 4.74 Å². The van der Waals surface area contributed by atoms with Gasteiger partial charge in [-0.05, 0) is 37.1 Å². The van der Waals surface area contributed by atoms with E-state index in [4.69, 9.17) is 4.74 Å². The number of hydrogen-bond donors (Lipinski definition) is 0. The number of ether oxygens (including phenoxy) is 1. The van der Waals surface area contributed by atoms with E-state index in [1.165, 1.54) is 5.56 Å². The van der Waals surface area contributed by atoms with Gasteiger partial charge in [0.2, 0.25) is 0 Å². The summed E-state index contributed by atoms with van der Waals surface area (Å²) in [6.07, 6.45) is 0.951. The summed E-state index contributed by atoms with van der Waals surface area (Å²) in [5.41, 5.74) is 2.25. The second-order valence-electron chi connectivity index (χ2n) is 3.70. The van der Waals surface area contributed by atoms with Crippen LogP contribution < -0.4 is 0 Å². The van der Waals surface area contributed by atoms with Crippen LogP contribution in [0.3, 0.4) is 0 Å². The van der Waals surface area contributed by atoms with Gasteiger partial charge in [-0.1, -0.05) is 13.0 Å². The van der Waals surface area contributed by atoms with Crippen molar-refractivity contribution in [3.05, 3.63) is 35.5 Å². The maximum Gasteiger partial charge on any atom is 0.358 e. The Labute approximate surface area is 99.6 Å². The van der Waals surface area contributed by atoms with E-state index in [0.717, 1.165) is 17.3 Å². The number of fused-ring (bicyclic) bond motifs is 1. The fraction of sp³-hybridized carbons (Fsp3) is 0.308. The van der Waals surface area contributed by atoms with E-state index in [1.807, 2.05) is 18.2 Å². The Morgan fingerprint density at radius 2 is 2.06 bits per heavy atom. The fourth-order valence-corrected chi connectivity index (χ4v) is 1.62. The molecule has 4 nitrogen and oxygen atoms in total. The van der Waals surface area contributed by atoms with Gasteiger partial charge in [0.25, 0.3) is 0 Å². The van der Waals surface area contributed by atoms with Crippen LogP contribution in [0, 0.1) is 0 Å². The highest BCUT2D eigenvalue weighted by Crippen LogP contribution is 2.15. The van der Waals surface area contributed by atoms with Crippen LogP contribution >= 0.6 is 0 Å². The van der Waals surface area contributed by atoms with Gasteiger partial charge in [-0.25, -0.2) is 4.79 Å². The van der Waals surface area contributed by atoms with Gasteiger partial charge in [-0.15, -0.1) is 10.2 Å². The van der Waals surface area contributed by atoms with E-state index in [-0.39, 0.29) is 5.69 Å². The summed E-state index contributed by atoms with van der Waals surface area (Å²) >= 11 is 0. The zero-order chi connectivity index (χ0) is 12.3. The minimum Gasteiger partial charge on any atom is -0.461 e. The van der Waals surface area contributed by atoms with Crippen LogP contribution in [0.4, 0.5) is 0 Å². The number of carbonyl (C=O) groups excluding carboxylic acids is 1. The summed E-state index contributed by atoms with van der Waals surface area (Å²) in [6, 6.07) is 7.67. The summed E-state index contributed by atoms with van der Waals surface area (Å²) < 4.78 is 4.89. The van der Waals surface area contributed by atoms with Gasteiger partial charge in [-0.3, -0.25) is 0 Å². The maximum atomic E-state index is 11.5. The molecule has 0 amide bonds. The molecule has 2 rings (SSSR count). The summed E-state index contributed by atoms with van der Waals surface area (Å²) in [5, 5.41) is 8.78. The number of aryl methyl sites for hydroxylation is 1. The van der Waals surface area contributed by atoms with Crippen molar-refractivity contribution < 1.29 is 9.53 Å². The molecule has 0 N–H and O–H groups in total. The van der Waals surface area contributed by atoms with Gasteiger partial charge in [0.15, 0.2) is 5.69 Å². The van der Waals surface area contributed by atoms with E-state index in [1.54, 1.807) is 13.0 Å². The number of rotatable bonds is 3. The highest BCUT2D eigenvalue weighted by Gasteiger charge is 2.09. The first-order chi connectivity index (χ1) is 8.24. The standard InChI is InChI=1S/C13H14N2O2/c1-3-9-5-6-11-10(7-9)8-12(15-14-11)13(16)17-4-2/h5-8H,3-4H2,1-2H3. The lowest BCUT2D eigenvalue weighted by Crippen LogP contribution is -2.08. The Hall–Kier alpha value is -1.97. The molecule has 0 aliphatic heterocycles. The lowest BCUT2D eigenvalue weighted by molar-refractivity contribution is 0.0518. The minimum atomic E-state index is -0.427. The van der Waals surface area contributed by atoms with E-state index < -0.39 is 5.97 Å². The molecule has 1 heterocycles. The SMILES string of the molecule is CCOC(=O)c1cc2cc(CC)ccc2nn1. The molecule has 88 valence electrons. The van der Waals surface area contributed by atoms with Gasteiger partial charge in [0.1, 0.15) is 0 Å². The van der Waals surface area contributed by atoms with Crippen LogP contribution in [0.5, 0.6) is 0 Å². The summed E-state index contributed by atoms with van der Waals surface area (Å²) in [5.74, 6) is -0.427. The monoisotopic (exact) mass is 230 g/mol. The molecule has 0 bridgehead atoms. The molecule has 1 aromatic heterocycles. The predicted octanol–water partition coefficient (Wildman–Crippen LogP) is 2.37. The van der Waals surface area contributed by atoms with Crippen molar-refractivity contribution in [2.45, 2.75) is 20.3 Å². The van der Waals surface area contributed by atoms with E-state index in [0.29, 0.717) is 6.61 Å². The first-order valence-electron chi connectivity index (χ1n) is 5.68. The molecule has 0 aliphatic carbocycles. The van der Waals surface area contributed by atoms with Crippen molar-refractivity contribution in [2.24, 2.45) is 0 Å². The van der Waals surface area contributed by atoms with Crippen LogP contribution in [0.2, 0.25) is 0 Å². The van der Waals surface area contributed by atoms with Crippen molar-refractivity contribution in [3.8, 4) is 0 Å². The molecule has 0 spiro atoms. The van der Waals surface area contributed by atoms with Crippen molar-refractivity contribution >= 4 is 16.9 Å². The molecule has 0 radical (unpaired) electrons. The van der Waals surface area contributed by atoms with E-state index in [9.17, 15) is 4.79 Å². The van der Waals surface area contributed by atoms with Crippen molar-refractivity contribution in [2.75, 3.05) is 6.61 Å². The molecule has 0 aliphatic rings. The third-order valence-electron chi connectivity index (χ3n) is 2.54. The Morgan fingerprint density at radius 1 is 1.24 bits per heavy atom. The predicted molar refractivity (Wildman–Crippen MR) is 64.9 cm³/mol. The average Bonchev–Trinajstić information content (AvgIpc) is 2.37. The first-order valence-corrected chi connectivity index (χ1v) is 5.68. The quantitative estimate of drug-likeness (QED) is 0.759. The molecule has 0 fully saturated rings. The highest BCUT2D eigenvalue weighted by molar-refractivity contribution is 5.91. The van der Waals surface area contributed by atoms with Crippen molar-refractivity contribution in [1.82, 2.24) is 10.2 Å². The van der Waals surface area contributed by atoms with Crippen LogP contribution in [-0.2, 0) is 11.2 Å². The number of esters is 1. The van der Waals surface area contributed by atoms with Gasteiger partial charge >= 0.3 is 5.97 Å². The topological polar surface area (TPSA) is 52.1 Å². The lowest BCUT2D eigenvalue weighted by atomic mass is 10.1. The van der Waals surface area contributed by atoms with E-state index in [2.05, 4.69) is 17.1 Å². The zero-order valence-corrected chi connectivity index (χ0v) is 9.93. The molecule has 0 atom stereocenters. The lowest BCUT2D eigenvalue weighted by Gasteiger charge is -2.03. The number of aromatic nitrogens is 2. The number of nitrogens with zero attached hydrogens (tertiary/aromatic N) is 2. The molecule has 1 aromatic carbocycles. The van der Waals surface area contributed by atoms with Gasteiger partial charge in [-0.2, -0.15) is 0 Å². The molecule has 0 unspecified atom stereocenters. The van der Waals surface area contributed by atoms with Crippen LogP contribution in [0.15, 0.2) is 24.3 Å². The van der Waals surface area contributed by atoms with Crippen molar-refractivity contribution in [1.29, 1.82) is 0 Å². The number of benzene rings is 1. The third kappa shape index (κ3) is 2.41. The van der Waals surface area contributed by atoms with Crippen LogP contribution in [-0.4, -0.2) is 22.8 Å². The second kappa shape index (κ2) is 4.91. The van der Waals surface area contributed by atoms with Gasteiger partial charge in [0, 0.05) is 5.39 Å². The van der Waals surface area contributed by atoms with Gasteiger partial charge in [0.05, 0.1) is 12.1 Å². The summed E-state index contributed by atoms with van der Waals surface area (Å²) in [6.45, 7) is 4.19. The van der Waals surface area contributed by atoms with E-state index >= 15 is 0 Å². The third-order valence-corrected chi connectivity index (χ3v) is 2.54. The first kappa shape index (κ1) is 11.5. The highest BCUT2D eigenvalue weighted by atomic mass is 16.5. The zero-order valence-electron chi connectivity index (χ0n) is 9.93. The Morgan fingerprint density at radius 3 is 2.76 bits per heavy atom. The molecule has 4 heteroatoms. The number of carbonyl (C=O) groups is 1. The second-order valence-corrected chi connectivity index (χ2v) is 3.70. The molecule has 0 saturated carbocycles. The van der Waals surface area contributed by atoms with Crippen LogP contribution in [0.1, 0.15) is 29.9 Å². The Bertz CT molecular complexity index is 552. The number of hydrogen-bond acceptors (Lipinski definition) is 4. The fourth-order valence-electron chi connectivity index (χ4n) is 1.62. The normalized spacial score (nSPS) is 10.5. The molecular weight excluding hydrogens is 216 g/mol. The smallest absolute Gasteiger partial charge is 0.358 e. The molecule has 17 heavy (non-hydrogen) atoms. The summed E-state index contributed by atoms with van der Waals surface area (Å²) in [4.78, 5) is 11.5. The summed E-state index contributed by atoms with van der Waals surface area (Å²) in [7, 11) is 0. The van der Waals surface area contributed by atoms with Crippen molar-refractivity contribution in [3.63, 3.8) is 0 Å².